The van der Waals surface area contributed by atoms with Crippen LogP contribution in [0.5, 0.6) is 5.75 Å². The van der Waals surface area contributed by atoms with Crippen molar-refractivity contribution in [1.82, 2.24) is 19.3 Å². The largest absolute Gasteiger partial charge is 0.489 e. The zero-order chi connectivity index (χ0) is 23.4. The van der Waals surface area contributed by atoms with Crippen LogP contribution in [0.3, 0.4) is 0 Å². The summed E-state index contributed by atoms with van der Waals surface area (Å²) in [6, 6.07) is 9.52. The van der Waals surface area contributed by atoms with E-state index < -0.39 is 17.4 Å². The van der Waals surface area contributed by atoms with Crippen molar-refractivity contribution in [2.75, 3.05) is 13.7 Å². The number of nitriles is 1. The molecule has 2 atom stereocenters. The molecule has 1 aromatic carbocycles. The van der Waals surface area contributed by atoms with Gasteiger partial charge < -0.3 is 9.47 Å². The lowest BCUT2D eigenvalue weighted by Crippen LogP contribution is -2.30. The smallest absolute Gasteiger partial charge is 0.361 e. The number of benzene rings is 1. The Morgan fingerprint density at radius 2 is 2.00 bits per heavy atom. The van der Waals surface area contributed by atoms with E-state index in [1.165, 1.54) is 11.7 Å². The van der Waals surface area contributed by atoms with Crippen LogP contribution >= 0.6 is 0 Å². The molecule has 0 bridgehead atoms. The Morgan fingerprint density at radius 1 is 1.28 bits per heavy atom. The van der Waals surface area contributed by atoms with Gasteiger partial charge in [0.05, 0.1) is 31.5 Å². The molecule has 0 saturated carbocycles. The summed E-state index contributed by atoms with van der Waals surface area (Å²) < 4.78 is 13.3. The van der Waals surface area contributed by atoms with Gasteiger partial charge in [0.25, 0.3) is 5.56 Å². The maximum absolute atomic E-state index is 13.0. The molecule has 3 aromatic rings. The fraction of sp³-hybridized carbons (Fsp3) is 0.348. The Labute approximate surface area is 185 Å². The van der Waals surface area contributed by atoms with E-state index in [0.717, 1.165) is 11.1 Å². The van der Waals surface area contributed by atoms with Crippen LogP contribution in [0.25, 0.3) is 0 Å². The molecule has 9 nitrogen and oxygen atoms in total. The number of esters is 1. The van der Waals surface area contributed by atoms with Gasteiger partial charge in [-0.05, 0) is 24.1 Å². The summed E-state index contributed by atoms with van der Waals surface area (Å²) in [5.41, 5.74) is 1.48. The second-order valence-electron chi connectivity index (χ2n) is 7.35. The van der Waals surface area contributed by atoms with E-state index in [1.807, 2.05) is 32.3 Å². The van der Waals surface area contributed by atoms with Gasteiger partial charge in [0.15, 0.2) is 5.69 Å². The first-order valence-electron chi connectivity index (χ1n) is 10.1. The molecule has 2 aromatic heterocycles. The molecule has 0 amide bonds. The quantitative estimate of drug-likeness (QED) is 0.524. The van der Waals surface area contributed by atoms with E-state index in [9.17, 15) is 14.9 Å². The van der Waals surface area contributed by atoms with E-state index in [4.69, 9.17) is 9.47 Å². The van der Waals surface area contributed by atoms with Gasteiger partial charge in [-0.1, -0.05) is 25.1 Å². The highest BCUT2D eigenvalue weighted by atomic mass is 16.5. The fourth-order valence-electron chi connectivity index (χ4n) is 3.88. The minimum atomic E-state index is -0.731. The second-order valence-corrected chi connectivity index (χ2v) is 7.35. The third-order valence-electron chi connectivity index (χ3n) is 5.36. The normalized spacial score (nSPS) is 12.6. The topological polar surface area (TPSA) is 112 Å². The fourth-order valence-corrected chi connectivity index (χ4v) is 3.88. The molecule has 2 unspecified atom stereocenters. The van der Waals surface area contributed by atoms with Crippen LogP contribution in [0.4, 0.5) is 0 Å². The van der Waals surface area contributed by atoms with Gasteiger partial charge in [-0.15, -0.1) is 0 Å². The first kappa shape index (κ1) is 22.7. The molecule has 32 heavy (non-hydrogen) atoms. The molecule has 0 aliphatic carbocycles. The lowest BCUT2D eigenvalue weighted by Gasteiger charge is -2.26. The van der Waals surface area contributed by atoms with Crippen molar-refractivity contribution in [1.29, 1.82) is 5.26 Å². The first-order chi connectivity index (χ1) is 15.3. The maximum atomic E-state index is 13.0. The average Bonchev–Trinajstić information content (AvgIpc) is 3.21. The van der Waals surface area contributed by atoms with E-state index in [-0.39, 0.29) is 24.0 Å². The summed E-state index contributed by atoms with van der Waals surface area (Å²) in [7, 11) is 4.70. The van der Waals surface area contributed by atoms with Crippen molar-refractivity contribution in [2.45, 2.75) is 25.7 Å². The summed E-state index contributed by atoms with van der Waals surface area (Å²) in [6.07, 6.45) is 3.59. The number of hydrogen-bond donors (Lipinski definition) is 0. The number of aryl methyl sites for hydroxylation is 1. The molecule has 0 aliphatic heterocycles. The van der Waals surface area contributed by atoms with Crippen LogP contribution < -0.4 is 10.3 Å². The van der Waals surface area contributed by atoms with Crippen LogP contribution in [0.1, 0.15) is 58.7 Å². The van der Waals surface area contributed by atoms with Crippen molar-refractivity contribution in [2.24, 2.45) is 14.1 Å². The molecule has 0 N–H and O–H groups in total. The van der Waals surface area contributed by atoms with E-state index in [2.05, 4.69) is 16.2 Å². The monoisotopic (exact) mass is 435 g/mol. The predicted octanol–water partition coefficient (Wildman–Crippen LogP) is 2.51. The molecule has 0 aliphatic rings. The van der Waals surface area contributed by atoms with Crippen molar-refractivity contribution in [3.63, 3.8) is 0 Å². The Kier molecular flexibility index (Phi) is 6.73. The van der Waals surface area contributed by atoms with E-state index in [0.29, 0.717) is 11.4 Å². The Bertz CT molecular complexity index is 1240. The van der Waals surface area contributed by atoms with Gasteiger partial charge in [-0.3, -0.25) is 14.0 Å². The number of nitrogens with zero attached hydrogens (tertiary/aromatic N) is 5. The van der Waals surface area contributed by atoms with Crippen LogP contribution in [0, 0.1) is 11.3 Å². The van der Waals surface area contributed by atoms with Crippen LogP contribution in [0.2, 0.25) is 0 Å². The summed E-state index contributed by atoms with van der Waals surface area (Å²) in [4.78, 5) is 30.0. The highest BCUT2D eigenvalue weighted by Gasteiger charge is 2.31. The number of rotatable bonds is 7. The highest BCUT2D eigenvalue weighted by molar-refractivity contribution is 5.90. The second kappa shape index (κ2) is 9.47. The van der Waals surface area contributed by atoms with Crippen molar-refractivity contribution in [3.05, 3.63) is 75.2 Å². The molecule has 0 saturated heterocycles. The van der Waals surface area contributed by atoms with Gasteiger partial charge in [-0.2, -0.15) is 10.4 Å². The lowest BCUT2D eigenvalue weighted by molar-refractivity contribution is 0.0514. The molecule has 0 spiro atoms. The van der Waals surface area contributed by atoms with Crippen molar-refractivity contribution < 1.29 is 14.3 Å². The number of methoxy groups -OCH3 is 1. The van der Waals surface area contributed by atoms with E-state index in [1.54, 1.807) is 37.0 Å². The zero-order valence-corrected chi connectivity index (χ0v) is 18.7. The minimum Gasteiger partial charge on any atom is -0.489 e. The Morgan fingerprint density at radius 3 is 2.59 bits per heavy atom. The molecule has 3 rings (SSSR count). The molecule has 2 heterocycles. The summed E-state index contributed by atoms with van der Waals surface area (Å²) in [5.74, 6) is -1.28. The van der Waals surface area contributed by atoms with Gasteiger partial charge in [-0.25, -0.2) is 9.78 Å². The van der Waals surface area contributed by atoms with Gasteiger partial charge in [0.1, 0.15) is 5.82 Å². The average molecular weight is 435 g/mol. The molecule has 9 heteroatoms. The van der Waals surface area contributed by atoms with E-state index >= 15 is 0 Å². The van der Waals surface area contributed by atoms with Crippen LogP contribution in [-0.4, -0.2) is 39.0 Å². The van der Waals surface area contributed by atoms with Crippen molar-refractivity contribution in [3.8, 4) is 11.8 Å². The molecule has 166 valence electrons. The van der Waals surface area contributed by atoms with Crippen LogP contribution in [-0.2, 0) is 18.8 Å². The number of carbonyl (C=O) groups excluding carboxylic acids is 1. The van der Waals surface area contributed by atoms with Crippen LogP contribution in [0.15, 0.2) is 41.5 Å². The predicted molar refractivity (Wildman–Crippen MR) is 117 cm³/mol. The van der Waals surface area contributed by atoms with Gasteiger partial charge in [0, 0.05) is 32.1 Å². The number of hydrogen-bond acceptors (Lipinski definition) is 7. The zero-order valence-electron chi connectivity index (χ0n) is 18.7. The van der Waals surface area contributed by atoms with Gasteiger partial charge >= 0.3 is 5.97 Å². The third kappa shape index (κ3) is 4.12. The highest BCUT2D eigenvalue weighted by Crippen LogP contribution is 2.38. The van der Waals surface area contributed by atoms with Crippen molar-refractivity contribution >= 4 is 5.97 Å². The minimum absolute atomic E-state index is 0.137. The Balaban J connectivity index is 2.25. The van der Waals surface area contributed by atoms with Gasteiger partial charge in [0.2, 0.25) is 5.75 Å². The molecular weight excluding hydrogens is 410 g/mol. The summed E-state index contributed by atoms with van der Waals surface area (Å²) in [6.45, 7) is 3.71. The molecule has 0 radical (unpaired) electrons. The standard InChI is InChI=1S/C23H25N5O4/c1-6-32-23(30)19-20(31-5)22(29)28(4)21(26-19)14(2)18(16-12-25-27(3)13-16)17-10-8-7-9-15(17)11-24/h7-10,12-14,18H,6H2,1-5H3. The molecule has 0 fully saturated rings. The Hall–Kier alpha value is -3.93. The first-order valence-corrected chi connectivity index (χ1v) is 10.1. The maximum Gasteiger partial charge on any atom is 0.361 e. The summed E-state index contributed by atoms with van der Waals surface area (Å²) in [5, 5.41) is 14.0. The lowest BCUT2D eigenvalue weighted by atomic mass is 9.80. The third-order valence-corrected chi connectivity index (χ3v) is 5.36. The number of aromatic nitrogens is 4. The molecular formula is C23H25N5O4. The number of carbonyl (C=O) groups is 1. The SMILES string of the molecule is CCOC(=O)c1nc(C(C)C(c2cnn(C)c2)c2ccccc2C#N)n(C)c(=O)c1OC. The number of ether oxygens (including phenoxy) is 2. The summed E-state index contributed by atoms with van der Waals surface area (Å²) >= 11 is 0.